The second-order valence-corrected chi connectivity index (χ2v) is 12.7. The third-order valence-corrected chi connectivity index (χ3v) is 10.4. The second kappa shape index (κ2) is 9.03. The van der Waals surface area contributed by atoms with Crippen molar-refractivity contribution in [2.45, 2.75) is 0 Å². The molecule has 0 unspecified atom stereocenters. The molecule has 0 fully saturated rings. The summed E-state index contributed by atoms with van der Waals surface area (Å²) >= 11 is 1.82. The fraction of sp³-hybridized carbons (Fsp3) is 0. The average molecular weight is 577 g/mol. The van der Waals surface area contributed by atoms with Crippen LogP contribution in [0.4, 0.5) is 0 Å². The van der Waals surface area contributed by atoms with Gasteiger partial charge in [0.05, 0.1) is 4.70 Å². The van der Waals surface area contributed by atoms with Gasteiger partial charge in [0.15, 0.2) is 5.58 Å². The quantitative estimate of drug-likeness (QED) is 0.187. The molecule has 0 amide bonds. The van der Waals surface area contributed by atoms with E-state index in [2.05, 4.69) is 146 Å². The van der Waals surface area contributed by atoms with Gasteiger partial charge in [0.25, 0.3) is 0 Å². The van der Waals surface area contributed by atoms with Gasteiger partial charge in [-0.2, -0.15) is 0 Å². The Morgan fingerprint density at radius 1 is 0.432 bits per heavy atom. The van der Waals surface area contributed by atoms with Crippen molar-refractivity contribution in [2.24, 2.45) is 0 Å². The zero-order valence-corrected chi connectivity index (χ0v) is 24.5. The minimum absolute atomic E-state index is 0.925. The molecule has 0 aliphatic heterocycles. The maximum atomic E-state index is 6.73. The van der Waals surface area contributed by atoms with Crippen molar-refractivity contribution < 1.29 is 4.42 Å². The number of fused-ring (bicyclic) bond motifs is 10. The second-order valence-electron chi connectivity index (χ2n) is 11.6. The van der Waals surface area contributed by atoms with Gasteiger partial charge in [-0.25, -0.2) is 0 Å². The van der Waals surface area contributed by atoms with Gasteiger partial charge in [-0.15, -0.1) is 11.3 Å². The van der Waals surface area contributed by atoms with Crippen LogP contribution in [0.1, 0.15) is 0 Å². The molecule has 44 heavy (non-hydrogen) atoms. The van der Waals surface area contributed by atoms with E-state index in [0.29, 0.717) is 0 Å². The van der Waals surface area contributed by atoms with Gasteiger partial charge in [0.2, 0.25) is 0 Å². The molecule has 2 heterocycles. The van der Waals surface area contributed by atoms with E-state index in [0.717, 1.165) is 11.2 Å². The molecule has 0 atom stereocenters. The van der Waals surface area contributed by atoms with Gasteiger partial charge >= 0.3 is 0 Å². The summed E-state index contributed by atoms with van der Waals surface area (Å²) in [5.41, 5.74) is 6.88. The van der Waals surface area contributed by atoms with Crippen LogP contribution in [-0.2, 0) is 0 Å². The van der Waals surface area contributed by atoms with Crippen molar-refractivity contribution in [3.05, 3.63) is 146 Å². The lowest BCUT2D eigenvalue weighted by Gasteiger charge is -2.18. The fourth-order valence-corrected chi connectivity index (χ4v) is 8.54. The summed E-state index contributed by atoms with van der Waals surface area (Å²) in [5.74, 6) is 0. The summed E-state index contributed by atoms with van der Waals surface area (Å²) in [4.78, 5) is 0. The molecule has 2 heteroatoms. The van der Waals surface area contributed by atoms with Crippen LogP contribution in [0.15, 0.2) is 150 Å². The molecule has 0 radical (unpaired) electrons. The third kappa shape index (κ3) is 3.29. The van der Waals surface area contributed by atoms with Crippen LogP contribution >= 0.6 is 11.3 Å². The van der Waals surface area contributed by atoms with Crippen molar-refractivity contribution in [3.63, 3.8) is 0 Å². The summed E-state index contributed by atoms with van der Waals surface area (Å²) in [6.07, 6.45) is 0. The van der Waals surface area contributed by atoms with E-state index in [1.54, 1.807) is 0 Å². The van der Waals surface area contributed by atoms with Crippen molar-refractivity contribution in [1.82, 2.24) is 0 Å². The molecule has 10 aromatic rings. The molecule has 0 aliphatic carbocycles. The minimum Gasteiger partial charge on any atom is -0.455 e. The number of hydrogen-bond donors (Lipinski definition) is 0. The Hall–Kier alpha value is -5.44. The van der Waals surface area contributed by atoms with Crippen molar-refractivity contribution in [2.75, 3.05) is 0 Å². The van der Waals surface area contributed by atoms with Crippen LogP contribution in [0, 0.1) is 0 Å². The SMILES string of the molecule is c1ccc2cc(-c3c4ccccc4c(-c4cccc5oc6c(ccc7c8ccccc8sc76)c45)c4ccccc34)ccc2c1. The van der Waals surface area contributed by atoms with Gasteiger partial charge in [-0.3, -0.25) is 0 Å². The molecule has 1 nitrogen and oxygen atoms in total. The highest BCUT2D eigenvalue weighted by atomic mass is 32.1. The first-order chi connectivity index (χ1) is 21.8. The lowest BCUT2D eigenvalue weighted by atomic mass is 9.84. The molecule has 10 rings (SSSR count). The summed E-state index contributed by atoms with van der Waals surface area (Å²) in [6, 6.07) is 53.0. The van der Waals surface area contributed by atoms with Crippen LogP contribution in [-0.4, -0.2) is 0 Å². The molecule has 2 aromatic heterocycles. The van der Waals surface area contributed by atoms with Crippen LogP contribution in [0.25, 0.3) is 96.7 Å². The third-order valence-electron chi connectivity index (χ3n) is 9.25. The number of rotatable bonds is 2. The maximum absolute atomic E-state index is 6.73. The molecular formula is C42H24OS. The molecule has 0 spiro atoms. The zero-order chi connectivity index (χ0) is 28.8. The Morgan fingerprint density at radius 3 is 1.84 bits per heavy atom. The summed E-state index contributed by atoms with van der Waals surface area (Å²) < 4.78 is 9.23. The monoisotopic (exact) mass is 576 g/mol. The van der Waals surface area contributed by atoms with Gasteiger partial charge in [-0.1, -0.05) is 121 Å². The highest BCUT2D eigenvalue weighted by Crippen LogP contribution is 2.48. The van der Waals surface area contributed by atoms with E-state index >= 15 is 0 Å². The van der Waals surface area contributed by atoms with E-state index in [9.17, 15) is 0 Å². The largest absolute Gasteiger partial charge is 0.455 e. The van der Waals surface area contributed by atoms with E-state index < -0.39 is 0 Å². The first kappa shape index (κ1) is 24.0. The predicted octanol–water partition coefficient (Wildman–Crippen LogP) is 12.7. The Labute approximate surface area is 257 Å². The maximum Gasteiger partial charge on any atom is 0.153 e. The normalized spacial score (nSPS) is 12.1. The number of benzene rings is 8. The lowest BCUT2D eigenvalue weighted by molar-refractivity contribution is 0.673. The predicted molar refractivity (Wildman–Crippen MR) is 190 cm³/mol. The molecule has 0 saturated carbocycles. The Balaban J connectivity index is 1.33. The Bertz CT molecular complexity index is 2720. The molecule has 8 aromatic carbocycles. The highest BCUT2D eigenvalue weighted by Gasteiger charge is 2.21. The van der Waals surface area contributed by atoms with E-state index in [4.69, 9.17) is 4.42 Å². The summed E-state index contributed by atoms with van der Waals surface area (Å²) in [7, 11) is 0. The number of furan rings is 1. The van der Waals surface area contributed by atoms with E-state index in [-0.39, 0.29) is 0 Å². The first-order valence-electron chi connectivity index (χ1n) is 15.0. The van der Waals surface area contributed by atoms with E-state index in [1.807, 2.05) is 11.3 Å². The standard InChI is InChI=1S/C42H24OS/c1-2-11-26-24-27(21-20-25(26)10-1)38-29-13-3-5-15-31(29)39(32-16-6-4-14-30(32)38)34-17-9-18-36-40(34)35-23-22-33-28-12-7-8-19-37(28)44-42(33)41(35)43-36/h1-24H. The van der Waals surface area contributed by atoms with Crippen LogP contribution in [0.2, 0.25) is 0 Å². The van der Waals surface area contributed by atoms with Crippen molar-refractivity contribution >= 4 is 85.8 Å². The summed E-state index contributed by atoms with van der Waals surface area (Å²) in [5, 5.41) is 12.4. The van der Waals surface area contributed by atoms with Crippen LogP contribution in [0.5, 0.6) is 0 Å². The lowest BCUT2D eigenvalue weighted by Crippen LogP contribution is -1.91. The highest BCUT2D eigenvalue weighted by molar-refractivity contribution is 7.26. The molecular weight excluding hydrogens is 553 g/mol. The van der Waals surface area contributed by atoms with Crippen LogP contribution < -0.4 is 0 Å². The smallest absolute Gasteiger partial charge is 0.153 e. The van der Waals surface area contributed by atoms with Gasteiger partial charge in [-0.05, 0) is 78.8 Å². The van der Waals surface area contributed by atoms with Gasteiger partial charge < -0.3 is 4.42 Å². The minimum atomic E-state index is 0.925. The molecule has 0 aliphatic rings. The molecule has 0 N–H and O–H groups in total. The Morgan fingerprint density at radius 2 is 1.07 bits per heavy atom. The average Bonchev–Trinajstić information content (AvgIpc) is 3.66. The van der Waals surface area contributed by atoms with Crippen molar-refractivity contribution in [1.29, 1.82) is 0 Å². The first-order valence-corrected chi connectivity index (χ1v) is 15.8. The van der Waals surface area contributed by atoms with Crippen molar-refractivity contribution in [3.8, 4) is 22.3 Å². The van der Waals surface area contributed by atoms with Gasteiger partial charge in [0.1, 0.15) is 5.58 Å². The van der Waals surface area contributed by atoms with Gasteiger partial charge in [0, 0.05) is 26.2 Å². The molecule has 0 saturated heterocycles. The zero-order valence-electron chi connectivity index (χ0n) is 23.7. The molecule has 204 valence electrons. The van der Waals surface area contributed by atoms with E-state index in [1.165, 1.54) is 85.5 Å². The fourth-order valence-electron chi connectivity index (χ4n) is 7.35. The molecule has 0 bridgehead atoms. The number of hydrogen-bond acceptors (Lipinski definition) is 2. The topological polar surface area (TPSA) is 13.1 Å². The summed E-state index contributed by atoms with van der Waals surface area (Å²) in [6.45, 7) is 0. The number of thiophene rings is 1. The van der Waals surface area contributed by atoms with Crippen LogP contribution in [0.3, 0.4) is 0 Å². The Kier molecular flexibility index (Phi) is 4.94.